The molecule has 1 amide bonds. The van der Waals surface area contributed by atoms with Gasteiger partial charge in [-0.1, -0.05) is 44.2 Å². The van der Waals surface area contributed by atoms with Crippen LogP contribution in [0.4, 0.5) is 48.7 Å². The summed E-state index contributed by atoms with van der Waals surface area (Å²) in [6.45, 7) is 7.07. The average Bonchev–Trinajstić information content (AvgIpc) is 3.25. The van der Waals surface area contributed by atoms with Crippen LogP contribution in [-0.4, -0.2) is 29.7 Å². The fourth-order valence-electron chi connectivity index (χ4n) is 7.39. The second kappa shape index (κ2) is 12.3. The maximum Gasteiger partial charge on any atom is 0.517 e. The molecule has 1 heterocycles. The summed E-state index contributed by atoms with van der Waals surface area (Å²) in [7, 11) is 0. The molecule has 2 aliphatic carbocycles. The Balaban J connectivity index is 1.61. The van der Waals surface area contributed by atoms with Crippen LogP contribution in [0.2, 0.25) is 0 Å². The lowest BCUT2D eigenvalue weighted by molar-refractivity contribution is -0.860. The zero-order chi connectivity index (χ0) is 36.4. The highest BCUT2D eigenvalue weighted by atomic mass is 19.4. The third-order valence-electron chi connectivity index (χ3n) is 10.2. The number of nitrogens with zero attached hydrogens (tertiary/aromatic N) is 1. The molecule has 3 nitrogen and oxygen atoms in total. The maximum absolute atomic E-state index is 17.3. The van der Waals surface area contributed by atoms with E-state index in [2.05, 4.69) is 0 Å². The molecule has 2 aromatic rings. The minimum Gasteiger partial charge on any atom is -0.405 e. The van der Waals surface area contributed by atoms with Gasteiger partial charge in [-0.25, -0.2) is 8.87 Å². The lowest BCUT2D eigenvalue weighted by atomic mass is 9.68. The summed E-state index contributed by atoms with van der Waals surface area (Å²) >= 11 is 0. The number of ether oxygens (including phenoxy) is 1. The Bertz CT molecular complexity index is 1680. The first kappa shape index (κ1) is 36.7. The second-order valence-corrected chi connectivity index (χ2v) is 13.9. The Labute approximate surface area is 277 Å². The number of quaternary nitrogens is 1. The van der Waals surface area contributed by atoms with Gasteiger partial charge in [-0.2, -0.15) is 44.3 Å². The number of benzene rings is 2. The molecule has 5 rings (SSSR count). The number of halogens is 10. The van der Waals surface area contributed by atoms with E-state index in [4.69, 9.17) is 4.74 Å². The molecule has 1 aliphatic heterocycles. The molecule has 13 heteroatoms. The van der Waals surface area contributed by atoms with Crippen molar-refractivity contribution in [3.05, 3.63) is 105 Å². The predicted molar refractivity (Wildman–Crippen MR) is 162 cm³/mol. The Kier molecular flexibility index (Phi) is 9.21. The van der Waals surface area contributed by atoms with Crippen LogP contribution in [0.15, 0.2) is 77.4 Å². The van der Waals surface area contributed by atoms with E-state index in [-0.39, 0.29) is 42.1 Å². The second-order valence-electron chi connectivity index (χ2n) is 13.9. The van der Waals surface area contributed by atoms with E-state index < -0.39 is 69.2 Å². The van der Waals surface area contributed by atoms with Crippen LogP contribution in [0, 0.1) is 5.41 Å². The number of hydrogen-bond acceptors (Lipinski definition) is 2. The summed E-state index contributed by atoms with van der Waals surface area (Å²) in [5, 5.41) is 0. The molecule has 0 bridgehead atoms. The summed E-state index contributed by atoms with van der Waals surface area (Å²) in [5.41, 5.74) is -6.11. The number of cyclic esters (lactones) is 1. The zero-order valence-electron chi connectivity index (χ0n) is 27.2. The van der Waals surface area contributed by atoms with E-state index >= 15 is 4.39 Å². The molecule has 0 N–H and O–H groups in total. The maximum atomic E-state index is 17.3. The zero-order valence-corrected chi connectivity index (χ0v) is 27.2. The molecular weight excluding hydrogens is 668 g/mol. The van der Waals surface area contributed by atoms with E-state index in [1.807, 2.05) is 13.8 Å². The molecular formula is C36H36F10NO2+. The van der Waals surface area contributed by atoms with Crippen LogP contribution in [0.5, 0.6) is 0 Å². The van der Waals surface area contributed by atoms with Gasteiger partial charge in [0.2, 0.25) is 0 Å². The van der Waals surface area contributed by atoms with Gasteiger partial charge in [0.25, 0.3) is 0 Å². The molecule has 49 heavy (non-hydrogen) atoms. The van der Waals surface area contributed by atoms with Gasteiger partial charge in [-0.15, -0.1) is 0 Å². The Morgan fingerprint density at radius 2 is 1.51 bits per heavy atom. The van der Waals surface area contributed by atoms with Crippen molar-refractivity contribution >= 4 is 6.09 Å². The van der Waals surface area contributed by atoms with Crippen molar-refractivity contribution in [1.29, 1.82) is 0 Å². The highest BCUT2D eigenvalue weighted by molar-refractivity contribution is 5.64. The van der Waals surface area contributed by atoms with E-state index in [1.165, 1.54) is 25.1 Å². The van der Waals surface area contributed by atoms with E-state index in [1.54, 1.807) is 13.0 Å². The van der Waals surface area contributed by atoms with Gasteiger partial charge in [0.05, 0.1) is 23.2 Å². The molecule has 1 fully saturated rings. The highest BCUT2D eigenvalue weighted by Gasteiger charge is 2.57. The van der Waals surface area contributed by atoms with Crippen LogP contribution < -0.4 is 0 Å². The monoisotopic (exact) mass is 704 g/mol. The highest BCUT2D eigenvalue weighted by Crippen LogP contribution is 2.52. The smallest absolute Gasteiger partial charge is 0.405 e. The third-order valence-corrected chi connectivity index (χ3v) is 10.2. The van der Waals surface area contributed by atoms with Crippen LogP contribution in [-0.2, 0) is 28.9 Å². The first-order chi connectivity index (χ1) is 22.5. The van der Waals surface area contributed by atoms with Gasteiger partial charge >= 0.3 is 24.6 Å². The van der Waals surface area contributed by atoms with Gasteiger partial charge in [-0.05, 0) is 96.7 Å². The fraction of sp³-hybridized carbons (Fsp3) is 0.472. The van der Waals surface area contributed by atoms with Gasteiger partial charge in [0.15, 0.2) is 11.8 Å². The van der Waals surface area contributed by atoms with Crippen molar-refractivity contribution in [3.63, 3.8) is 0 Å². The molecule has 0 radical (unpaired) electrons. The van der Waals surface area contributed by atoms with Crippen molar-refractivity contribution in [2.75, 3.05) is 13.1 Å². The van der Waals surface area contributed by atoms with Gasteiger partial charge in [-0.3, -0.25) is 0 Å². The number of alkyl halides is 10. The third kappa shape index (κ3) is 6.92. The minimum atomic E-state index is -5.10. The number of hydrogen-bond donors (Lipinski definition) is 0. The number of carbonyl (C=O) groups is 1. The minimum absolute atomic E-state index is 0.00796. The van der Waals surface area contributed by atoms with Crippen molar-refractivity contribution in [2.24, 2.45) is 5.41 Å². The van der Waals surface area contributed by atoms with Crippen molar-refractivity contribution in [1.82, 2.24) is 0 Å². The molecule has 3 aliphatic rings. The number of allylic oxidation sites excluding steroid dienone is 5. The molecule has 2 aromatic carbocycles. The number of rotatable bonds is 6. The van der Waals surface area contributed by atoms with E-state index in [0.717, 1.165) is 18.2 Å². The lowest BCUT2D eigenvalue weighted by Crippen LogP contribution is -2.55. The molecule has 266 valence electrons. The topological polar surface area (TPSA) is 26.3 Å². The summed E-state index contributed by atoms with van der Waals surface area (Å²) in [5.74, 6) is 0. The molecule has 2 unspecified atom stereocenters. The Morgan fingerprint density at radius 3 is 2.08 bits per heavy atom. The largest absolute Gasteiger partial charge is 0.517 e. The SMILES string of the molecule is CC[N+]1(CC2=C(C3=CC=CCC3(F)c3cccc(C(F)(F)F)c3)CCC(C)(C)C2)C(=O)O[C@H](c2cc(C(F)(F)F)cc(C(F)(F)F)c2)[C@@H]1C. The van der Waals surface area contributed by atoms with Gasteiger partial charge in [0.1, 0.15) is 12.6 Å². The molecule has 1 saturated heterocycles. The Hall–Kier alpha value is -3.61. The van der Waals surface area contributed by atoms with Crippen LogP contribution in [0.3, 0.4) is 0 Å². The first-order valence-electron chi connectivity index (χ1n) is 15.8. The first-order valence-corrected chi connectivity index (χ1v) is 15.8. The summed E-state index contributed by atoms with van der Waals surface area (Å²) in [4.78, 5) is 13.8. The summed E-state index contributed by atoms with van der Waals surface area (Å²) in [6, 6.07) is 4.24. The number of likely N-dealkylation sites (N-methyl/N-ethyl adjacent to an activating group) is 1. The number of carbonyl (C=O) groups excluding carboxylic acids is 1. The standard InChI is InChI=1S/C36H36F10NO2/c1-5-47(21(2)30(49-31(47)48)22-15-26(35(41,42)43)18-27(16-22)36(44,45)46)20-23-19-32(3,4)14-12-28(23)29-11-6-7-13-33(29,37)24-9-8-10-25(17-24)34(38,39)40/h6-11,15-18,21,30H,5,12-14,19-20H2,1-4H3/q+1/t21-,30-,33?,47?/m0/s1. The quantitative estimate of drug-likeness (QED) is 0.221. The van der Waals surface area contributed by atoms with Crippen molar-refractivity contribution in [3.8, 4) is 0 Å². The molecule has 4 atom stereocenters. The lowest BCUT2D eigenvalue weighted by Gasteiger charge is -2.41. The van der Waals surface area contributed by atoms with Crippen LogP contribution >= 0.6 is 0 Å². The number of amides is 1. The van der Waals surface area contributed by atoms with Crippen LogP contribution in [0.25, 0.3) is 0 Å². The normalized spacial score (nSPS) is 27.7. The van der Waals surface area contributed by atoms with Crippen molar-refractivity contribution < 1.29 is 57.9 Å². The molecule has 0 aromatic heterocycles. The summed E-state index contributed by atoms with van der Waals surface area (Å²) < 4.78 is 146. The van der Waals surface area contributed by atoms with Crippen LogP contribution in [0.1, 0.15) is 87.3 Å². The van der Waals surface area contributed by atoms with E-state index in [0.29, 0.717) is 42.5 Å². The fourth-order valence-corrected chi connectivity index (χ4v) is 7.39. The predicted octanol–water partition coefficient (Wildman–Crippen LogP) is 11.4. The Morgan fingerprint density at radius 1 is 0.898 bits per heavy atom. The van der Waals surface area contributed by atoms with Gasteiger partial charge < -0.3 is 4.74 Å². The van der Waals surface area contributed by atoms with Crippen molar-refractivity contribution in [2.45, 2.75) is 89.7 Å². The molecule has 0 spiro atoms. The van der Waals surface area contributed by atoms with Gasteiger partial charge in [0, 0.05) is 6.42 Å². The average molecular weight is 705 g/mol. The molecule has 0 saturated carbocycles. The van der Waals surface area contributed by atoms with E-state index in [9.17, 15) is 44.3 Å². The summed E-state index contributed by atoms with van der Waals surface area (Å²) in [6.07, 6.45) is -11.6.